The fourth-order valence-electron chi connectivity index (χ4n) is 8.72. The standard InChI is InChI=1S/C49H31N2OP/c52-53(35-19-5-2-6-20-35)44-27-12-11-26-43(44)51-48-42(25-14-28-45(48)53)50-49(51)34-29-30-40-41(31-34)47(37-24-13-18-32-15-7-8-21-36(32)37)39-23-10-9-22-38(39)46(40)33-16-3-1-4-17-33/h1-31H. The van der Waals surface area contributed by atoms with Crippen LogP contribution in [0.15, 0.2) is 188 Å². The van der Waals surface area contributed by atoms with Gasteiger partial charge in [0.05, 0.1) is 16.7 Å². The van der Waals surface area contributed by atoms with Crippen LogP contribution >= 0.6 is 7.14 Å². The molecule has 1 atom stereocenters. The van der Waals surface area contributed by atoms with Crippen LogP contribution in [0.1, 0.15) is 0 Å². The van der Waals surface area contributed by atoms with Gasteiger partial charge < -0.3 is 4.57 Å². The third-order valence-corrected chi connectivity index (χ3v) is 14.1. The van der Waals surface area contributed by atoms with Gasteiger partial charge in [-0.2, -0.15) is 0 Å². The zero-order chi connectivity index (χ0) is 35.1. The number of imidazole rings is 1. The largest absolute Gasteiger partial charge is 0.308 e. The minimum Gasteiger partial charge on any atom is -0.308 e. The van der Waals surface area contributed by atoms with E-state index in [1.807, 2.05) is 66.7 Å². The smallest absolute Gasteiger partial charge is 0.175 e. The number of hydrogen-bond donors (Lipinski definition) is 0. The van der Waals surface area contributed by atoms with Gasteiger partial charge in [-0.1, -0.05) is 158 Å². The minimum absolute atomic E-state index is 0.827. The van der Waals surface area contributed by atoms with Crippen molar-refractivity contribution in [3.05, 3.63) is 188 Å². The van der Waals surface area contributed by atoms with E-state index in [2.05, 4.69) is 126 Å². The number of fused-ring (bicyclic) bond motifs is 5. The Kier molecular flexibility index (Phi) is 6.53. The first kappa shape index (κ1) is 30.1. The molecule has 9 aromatic carbocycles. The summed E-state index contributed by atoms with van der Waals surface area (Å²) in [4.78, 5) is 5.36. The highest BCUT2D eigenvalue weighted by Crippen LogP contribution is 2.51. The van der Waals surface area contributed by atoms with E-state index in [1.54, 1.807) is 0 Å². The Hall–Kier alpha value is -6.54. The summed E-state index contributed by atoms with van der Waals surface area (Å²) in [5.74, 6) is 0.833. The average Bonchev–Trinajstić information content (AvgIpc) is 3.63. The van der Waals surface area contributed by atoms with Crippen LogP contribution in [-0.4, -0.2) is 9.55 Å². The van der Waals surface area contributed by atoms with Crippen LogP contribution < -0.4 is 15.9 Å². The van der Waals surface area contributed by atoms with Gasteiger partial charge in [0, 0.05) is 21.5 Å². The molecule has 11 rings (SSSR count). The number of hydrogen-bond acceptors (Lipinski definition) is 2. The van der Waals surface area contributed by atoms with Crippen molar-refractivity contribution in [1.29, 1.82) is 0 Å². The van der Waals surface area contributed by atoms with Crippen molar-refractivity contribution >= 4 is 66.4 Å². The van der Waals surface area contributed by atoms with E-state index in [-0.39, 0.29) is 0 Å². The molecule has 0 saturated carbocycles. The van der Waals surface area contributed by atoms with Crippen LogP contribution in [-0.2, 0) is 4.57 Å². The lowest BCUT2D eigenvalue weighted by Gasteiger charge is -2.29. The Morgan fingerprint density at radius 2 is 1.08 bits per heavy atom. The van der Waals surface area contributed by atoms with Crippen molar-refractivity contribution in [3.8, 4) is 39.3 Å². The lowest BCUT2D eigenvalue weighted by Crippen LogP contribution is -2.32. The van der Waals surface area contributed by atoms with Crippen molar-refractivity contribution in [2.45, 2.75) is 0 Å². The van der Waals surface area contributed by atoms with E-state index < -0.39 is 7.14 Å². The van der Waals surface area contributed by atoms with E-state index in [0.717, 1.165) is 49.4 Å². The molecule has 1 aliphatic rings. The summed E-state index contributed by atoms with van der Waals surface area (Å²) in [6.07, 6.45) is 0. The third kappa shape index (κ3) is 4.29. The first-order valence-electron chi connectivity index (χ1n) is 18.0. The first-order valence-corrected chi connectivity index (χ1v) is 19.7. The Morgan fingerprint density at radius 1 is 0.453 bits per heavy atom. The second-order valence-electron chi connectivity index (χ2n) is 13.8. The molecule has 0 bridgehead atoms. The van der Waals surface area contributed by atoms with E-state index in [4.69, 9.17) is 4.98 Å². The van der Waals surface area contributed by atoms with Crippen LogP contribution in [0.4, 0.5) is 0 Å². The molecule has 0 fully saturated rings. The highest BCUT2D eigenvalue weighted by atomic mass is 31.2. The van der Waals surface area contributed by atoms with Gasteiger partial charge in [-0.15, -0.1) is 0 Å². The maximum absolute atomic E-state index is 15.6. The van der Waals surface area contributed by atoms with E-state index in [9.17, 15) is 0 Å². The second kappa shape index (κ2) is 11.5. The van der Waals surface area contributed by atoms with Gasteiger partial charge in [-0.3, -0.25) is 4.57 Å². The molecule has 1 unspecified atom stereocenters. The molecule has 1 aromatic heterocycles. The van der Waals surface area contributed by atoms with Crippen molar-refractivity contribution in [2.75, 3.05) is 0 Å². The van der Waals surface area contributed by atoms with Crippen molar-refractivity contribution in [3.63, 3.8) is 0 Å². The predicted octanol–water partition coefficient (Wildman–Crippen LogP) is 11.4. The van der Waals surface area contributed by atoms with Crippen LogP contribution in [0.25, 0.3) is 82.7 Å². The fraction of sp³-hybridized carbons (Fsp3) is 0. The minimum atomic E-state index is -3.18. The monoisotopic (exact) mass is 694 g/mol. The molecule has 0 N–H and O–H groups in total. The summed E-state index contributed by atoms with van der Waals surface area (Å²) in [6, 6.07) is 65.8. The predicted molar refractivity (Wildman–Crippen MR) is 223 cm³/mol. The molecule has 3 nitrogen and oxygen atoms in total. The highest BCUT2D eigenvalue weighted by molar-refractivity contribution is 7.86. The van der Waals surface area contributed by atoms with E-state index >= 15 is 4.57 Å². The van der Waals surface area contributed by atoms with Crippen LogP contribution in [0.5, 0.6) is 0 Å². The zero-order valence-corrected chi connectivity index (χ0v) is 29.5. The Labute approximate surface area is 306 Å². The number of para-hydroxylation sites is 2. The highest BCUT2D eigenvalue weighted by Gasteiger charge is 2.39. The van der Waals surface area contributed by atoms with Gasteiger partial charge >= 0.3 is 0 Å². The Morgan fingerprint density at radius 3 is 1.91 bits per heavy atom. The second-order valence-corrected chi connectivity index (χ2v) is 16.5. The van der Waals surface area contributed by atoms with Crippen LogP contribution in [0, 0.1) is 0 Å². The summed E-state index contributed by atoms with van der Waals surface area (Å²) < 4.78 is 17.8. The summed E-state index contributed by atoms with van der Waals surface area (Å²) in [7, 11) is -3.18. The number of aromatic nitrogens is 2. The van der Waals surface area contributed by atoms with Gasteiger partial charge in [0.25, 0.3) is 0 Å². The fourth-order valence-corrected chi connectivity index (χ4v) is 11.7. The lowest BCUT2D eigenvalue weighted by atomic mass is 9.84. The molecule has 248 valence electrons. The van der Waals surface area contributed by atoms with E-state index in [1.165, 1.54) is 49.2 Å². The average molecular weight is 695 g/mol. The molecule has 0 aliphatic carbocycles. The first-order chi connectivity index (χ1) is 26.2. The van der Waals surface area contributed by atoms with Crippen LogP contribution in [0.2, 0.25) is 0 Å². The molecule has 4 heteroatoms. The molecule has 10 aromatic rings. The molecular weight excluding hydrogens is 664 g/mol. The normalized spacial score (nSPS) is 14.9. The van der Waals surface area contributed by atoms with Gasteiger partial charge in [-0.05, 0) is 84.9 Å². The summed E-state index contributed by atoms with van der Waals surface area (Å²) >= 11 is 0. The lowest BCUT2D eigenvalue weighted by molar-refractivity contribution is 0.592. The van der Waals surface area contributed by atoms with Crippen molar-refractivity contribution in [1.82, 2.24) is 9.55 Å². The molecular formula is C49H31N2OP. The number of benzene rings is 9. The molecule has 2 heterocycles. The maximum Gasteiger partial charge on any atom is 0.175 e. The quantitative estimate of drug-likeness (QED) is 0.136. The van der Waals surface area contributed by atoms with Crippen molar-refractivity contribution < 1.29 is 4.57 Å². The summed E-state index contributed by atoms with van der Waals surface area (Å²) in [5.41, 5.74) is 8.47. The number of nitrogens with zero attached hydrogens (tertiary/aromatic N) is 2. The van der Waals surface area contributed by atoms with Crippen LogP contribution in [0.3, 0.4) is 0 Å². The molecule has 0 radical (unpaired) electrons. The van der Waals surface area contributed by atoms with Crippen molar-refractivity contribution in [2.24, 2.45) is 0 Å². The Bertz CT molecular complexity index is 3140. The van der Waals surface area contributed by atoms with Gasteiger partial charge in [-0.25, -0.2) is 4.98 Å². The SMILES string of the molecule is O=P1(c2ccccc2)c2ccccc2-n2c(-c3ccc4c(-c5ccccc5)c5ccccc5c(-c5cccc6ccccc56)c4c3)nc3cccc1c32. The summed E-state index contributed by atoms with van der Waals surface area (Å²) in [5, 5.41) is 9.70. The molecule has 53 heavy (non-hydrogen) atoms. The Balaban J connectivity index is 1.27. The third-order valence-electron chi connectivity index (χ3n) is 11.0. The molecule has 0 amide bonds. The maximum atomic E-state index is 15.6. The molecule has 0 saturated heterocycles. The summed E-state index contributed by atoms with van der Waals surface area (Å²) in [6.45, 7) is 0. The zero-order valence-electron chi connectivity index (χ0n) is 28.6. The van der Waals surface area contributed by atoms with Gasteiger partial charge in [0.15, 0.2) is 7.14 Å². The topological polar surface area (TPSA) is 34.9 Å². The molecule has 0 spiro atoms. The van der Waals surface area contributed by atoms with E-state index in [0.29, 0.717) is 0 Å². The number of rotatable bonds is 4. The van der Waals surface area contributed by atoms with Gasteiger partial charge in [0.1, 0.15) is 5.82 Å². The van der Waals surface area contributed by atoms with Gasteiger partial charge in [0.2, 0.25) is 0 Å². The molecule has 1 aliphatic heterocycles.